The minimum absolute atomic E-state index is 0.124. The van der Waals surface area contributed by atoms with Crippen molar-refractivity contribution < 1.29 is 14.4 Å². The van der Waals surface area contributed by atoms with Crippen molar-refractivity contribution in [2.24, 2.45) is 17.8 Å². The topological polar surface area (TPSA) is 69.7 Å². The van der Waals surface area contributed by atoms with Crippen molar-refractivity contribution in [3.63, 3.8) is 0 Å². The second-order valence-electron chi connectivity index (χ2n) is 9.10. The Bertz CT molecular complexity index is 895. The lowest BCUT2D eigenvalue weighted by molar-refractivity contribution is -0.143. The second-order valence-corrected chi connectivity index (χ2v) is 9.10. The van der Waals surface area contributed by atoms with Gasteiger partial charge in [-0.3, -0.25) is 24.6 Å². The molecule has 4 atom stereocenters. The van der Waals surface area contributed by atoms with Crippen LogP contribution in [0.3, 0.4) is 0 Å². The molecule has 3 aliphatic rings. The van der Waals surface area contributed by atoms with Crippen molar-refractivity contribution >= 4 is 23.4 Å². The number of anilines is 1. The molecule has 0 aliphatic carbocycles. The molecule has 30 heavy (non-hydrogen) atoms. The zero-order valence-electron chi connectivity index (χ0n) is 18.1. The van der Waals surface area contributed by atoms with Gasteiger partial charge in [0.25, 0.3) is 5.91 Å². The van der Waals surface area contributed by atoms with Crippen molar-refractivity contribution in [3.05, 3.63) is 42.5 Å². The third-order valence-corrected chi connectivity index (χ3v) is 6.73. The molecule has 3 amide bonds. The van der Waals surface area contributed by atoms with E-state index in [4.69, 9.17) is 0 Å². The lowest BCUT2D eigenvalue weighted by Crippen LogP contribution is -2.55. The first-order chi connectivity index (χ1) is 14.4. The van der Waals surface area contributed by atoms with Crippen LogP contribution in [0.5, 0.6) is 0 Å². The van der Waals surface area contributed by atoms with Crippen molar-refractivity contribution in [1.29, 1.82) is 0 Å². The first kappa shape index (κ1) is 20.8. The average molecular weight is 410 g/mol. The molecule has 160 valence electrons. The van der Waals surface area contributed by atoms with Crippen LogP contribution in [0.15, 0.2) is 36.9 Å². The summed E-state index contributed by atoms with van der Waals surface area (Å²) in [5, 5.41) is 3.54. The summed E-state index contributed by atoms with van der Waals surface area (Å²) < 4.78 is 0. The molecule has 0 saturated carbocycles. The van der Waals surface area contributed by atoms with Crippen LogP contribution >= 0.6 is 0 Å². The summed E-state index contributed by atoms with van der Waals surface area (Å²) in [6.45, 7) is 10.8. The Labute approximate surface area is 178 Å². The van der Waals surface area contributed by atoms with Gasteiger partial charge in [-0.15, -0.1) is 6.58 Å². The fourth-order valence-electron chi connectivity index (χ4n) is 5.56. The number of unbranched alkanes of at least 4 members (excludes halogenated alkanes) is 1. The van der Waals surface area contributed by atoms with Crippen molar-refractivity contribution in [2.45, 2.75) is 51.6 Å². The summed E-state index contributed by atoms with van der Waals surface area (Å²) in [7, 11) is 0. The lowest BCUT2D eigenvalue weighted by Gasteiger charge is -2.30. The van der Waals surface area contributed by atoms with E-state index in [9.17, 15) is 14.4 Å². The Balaban J connectivity index is 1.85. The highest BCUT2D eigenvalue weighted by molar-refractivity contribution is 6.16. The van der Waals surface area contributed by atoms with Gasteiger partial charge in [-0.1, -0.05) is 51.5 Å². The number of carbonyl (C=O) groups excluding carboxylic acids is 3. The molecule has 1 N–H and O–H groups in total. The van der Waals surface area contributed by atoms with Crippen LogP contribution in [0.25, 0.3) is 0 Å². The molecule has 6 nitrogen and oxygen atoms in total. The molecule has 3 heterocycles. The van der Waals surface area contributed by atoms with Gasteiger partial charge in [0.15, 0.2) is 0 Å². The van der Waals surface area contributed by atoms with Crippen LogP contribution in [0.2, 0.25) is 0 Å². The Morgan fingerprint density at radius 3 is 2.57 bits per heavy atom. The first-order valence-corrected chi connectivity index (χ1v) is 11.0. The zero-order valence-corrected chi connectivity index (χ0v) is 18.1. The highest BCUT2D eigenvalue weighted by atomic mass is 16.2. The van der Waals surface area contributed by atoms with E-state index in [0.29, 0.717) is 19.0 Å². The maximum Gasteiger partial charge on any atom is 0.253 e. The van der Waals surface area contributed by atoms with Crippen LogP contribution in [0.1, 0.15) is 45.6 Å². The summed E-state index contributed by atoms with van der Waals surface area (Å²) in [6.07, 6.45) is 4.11. The average Bonchev–Trinajstić information content (AvgIpc) is 3.26. The fraction of sp³-hybridized carbons (Fsp3) is 0.542. The Hall–Kier alpha value is -2.47. The van der Waals surface area contributed by atoms with Crippen LogP contribution < -0.4 is 10.2 Å². The van der Waals surface area contributed by atoms with Gasteiger partial charge < -0.3 is 4.90 Å². The van der Waals surface area contributed by atoms with E-state index < -0.39 is 17.4 Å². The normalized spacial score (nSPS) is 30.0. The number of imide groups is 1. The number of amides is 3. The summed E-state index contributed by atoms with van der Waals surface area (Å²) in [5.41, 5.74) is 0.417. The fourth-order valence-corrected chi connectivity index (χ4v) is 5.56. The Morgan fingerprint density at radius 2 is 1.90 bits per heavy atom. The van der Waals surface area contributed by atoms with Gasteiger partial charge in [0.1, 0.15) is 5.54 Å². The highest BCUT2D eigenvalue weighted by Crippen LogP contribution is 2.55. The molecule has 3 aliphatic heterocycles. The third-order valence-electron chi connectivity index (χ3n) is 6.73. The standard InChI is InChI=1S/C24H31N3O3/c1-5-7-13-27-21(28)19-17(14-15(3)4)25-24(20(19)22(27)29)16-10-8-9-11-18(16)26(12-6-2)23(24)30/h6,8-11,15,17,19-20,25H,2,5,7,12-14H2,1,3-4H3/t17-,19+,20+,24-/m1/s1. The predicted octanol–water partition coefficient (Wildman–Crippen LogP) is 2.83. The number of carbonyl (C=O) groups is 3. The number of likely N-dealkylation sites (tertiary alicyclic amines) is 1. The van der Waals surface area contributed by atoms with Gasteiger partial charge in [-0.05, 0) is 24.8 Å². The number of para-hydroxylation sites is 1. The third kappa shape index (κ3) is 2.77. The summed E-state index contributed by atoms with van der Waals surface area (Å²) in [4.78, 5) is 43.9. The number of benzene rings is 1. The molecule has 2 saturated heterocycles. The molecule has 1 aromatic rings. The molecular formula is C24H31N3O3. The smallest absolute Gasteiger partial charge is 0.253 e. The van der Waals surface area contributed by atoms with Crippen molar-refractivity contribution in [3.8, 4) is 0 Å². The molecule has 0 unspecified atom stereocenters. The first-order valence-electron chi connectivity index (χ1n) is 11.0. The summed E-state index contributed by atoms with van der Waals surface area (Å²) in [6, 6.07) is 7.42. The van der Waals surface area contributed by atoms with Crippen LogP contribution in [0, 0.1) is 17.8 Å². The summed E-state index contributed by atoms with van der Waals surface area (Å²) >= 11 is 0. The molecule has 0 aromatic heterocycles. The van der Waals surface area contributed by atoms with Gasteiger partial charge in [-0.25, -0.2) is 0 Å². The minimum atomic E-state index is -1.18. The SMILES string of the molecule is C=CCN1C(=O)[C@@]2(N[C@H](CC(C)C)[C@@H]3C(=O)N(CCCC)C(=O)[C@H]32)c2ccccc21. The quantitative estimate of drug-likeness (QED) is 0.555. The minimum Gasteiger partial charge on any atom is -0.306 e. The van der Waals surface area contributed by atoms with Gasteiger partial charge >= 0.3 is 0 Å². The van der Waals surface area contributed by atoms with Crippen molar-refractivity contribution in [2.75, 3.05) is 18.0 Å². The van der Waals surface area contributed by atoms with E-state index in [1.165, 1.54) is 4.90 Å². The highest BCUT2D eigenvalue weighted by Gasteiger charge is 2.71. The van der Waals surface area contributed by atoms with Gasteiger partial charge in [0.2, 0.25) is 11.8 Å². The monoisotopic (exact) mass is 409 g/mol. The molecule has 0 radical (unpaired) electrons. The molecule has 4 rings (SSSR count). The number of hydrogen-bond acceptors (Lipinski definition) is 4. The summed E-state index contributed by atoms with van der Waals surface area (Å²) in [5.74, 6) is -1.35. The van der Waals surface area contributed by atoms with E-state index in [2.05, 4.69) is 25.7 Å². The molecule has 0 bridgehead atoms. The maximum atomic E-state index is 13.9. The number of nitrogens with zero attached hydrogens (tertiary/aromatic N) is 2. The Morgan fingerprint density at radius 1 is 1.17 bits per heavy atom. The molecule has 1 spiro atoms. The second kappa shape index (κ2) is 7.65. The van der Waals surface area contributed by atoms with E-state index >= 15 is 0 Å². The number of rotatable bonds is 7. The van der Waals surface area contributed by atoms with E-state index in [1.807, 2.05) is 31.2 Å². The van der Waals surface area contributed by atoms with E-state index in [0.717, 1.165) is 30.5 Å². The molecule has 6 heteroatoms. The van der Waals surface area contributed by atoms with E-state index in [-0.39, 0.29) is 23.8 Å². The van der Waals surface area contributed by atoms with Crippen molar-refractivity contribution in [1.82, 2.24) is 10.2 Å². The lowest BCUT2D eigenvalue weighted by atomic mass is 9.76. The van der Waals surface area contributed by atoms with Gasteiger partial charge in [-0.2, -0.15) is 0 Å². The maximum absolute atomic E-state index is 13.9. The largest absolute Gasteiger partial charge is 0.306 e. The van der Waals surface area contributed by atoms with Gasteiger partial charge in [0, 0.05) is 30.4 Å². The Kier molecular flexibility index (Phi) is 5.30. The predicted molar refractivity (Wildman–Crippen MR) is 116 cm³/mol. The van der Waals surface area contributed by atoms with Crippen LogP contribution in [-0.2, 0) is 19.9 Å². The molecule has 2 fully saturated rings. The number of fused-ring (bicyclic) bond motifs is 4. The van der Waals surface area contributed by atoms with E-state index in [1.54, 1.807) is 11.0 Å². The number of hydrogen-bond donors (Lipinski definition) is 1. The number of nitrogens with one attached hydrogen (secondary N) is 1. The molecule has 1 aromatic carbocycles. The zero-order chi connectivity index (χ0) is 21.6. The molecular weight excluding hydrogens is 378 g/mol. The van der Waals surface area contributed by atoms with Gasteiger partial charge in [0.05, 0.1) is 11.8 Å². The van der Waals surface area contributed by atoms with Crippen LogP contribution in [-0.4, -0.2) is 41.8 Å². The van der Waals surface area contributed by atoms with Crippen LogP contribution in [0.4, 0.5) is 5.69 Å².